The fraction of sp³-hybridized carbons (Fsp3) is 0.478. The van der Waals surface area contributed by atoms with Crippen LogP contribution in [0.25, 0.3) is 0 Å². The SMILES string of the molecule is COc1cccc(CC(=O)N2CCC3(CC2)CCN(C(=O)c2ccc(S(C)(=O)=O)s2)C3)c1. The highest BCUT2D eigenvalue weighted by molar-refractivity contribution is 7.92. The van der Waals surface area contributed by atoms with Crippen molar-refractivity contribution in [3.8, 4) is 5.75 Å². The van der Waals surface area contributed by atoms with E-state index in [1.54, 1.807) is 13.2 Å². The number of hydrogen-bond donors (Lipinski definition) is 0. The average Bonchev–Trinajstić information content (AvgIpc) is 3.42. The van der Waals surface area contributed by atoms with Crippen LogP contribution in [0.15, 0.2) is 40.6 Å². The number of hydrogen-bond acceptors (Lipinski definition) is 6. The standard InChI is InChI=1S/C23H28N2O5S2/c1-30-18-5-3-4-17(14-18)15-20(26)24-11-8-23(9-12-24)10-13-25(16-23)22(27)19-6-7-21(31-19)32(2,28)29/h3-7,14H,8-13,15-16H2,1-2H3. The molecule has 1 aromatic heterocycles. The monoisotopic (exact) mass is 476 g/mol. The predicted octanol–water partition coefficient (Wildman–Crippen LogP) is 2.86. The van der Waals surface area contributed by atoms with Crippen molar-refractivity contribution in [2.45, 2.75) is 29.9 Å². The molecule has 2 fully saturated rings. The van der Waals surface area contributed by atoms with Gasteiger partial charge in [0.15, 0.2) is 9.84 Å². The van der Waals surface area contributed by atoms with Crippen LogP contribution < -0.4 is 4.74 Å². The summed E-state index contributed by atoms with van der Waals surface area (Å²) in [4.78, 5) is 29.9. The van der Waals surface area contributed by atoms with Gasteiger partial charge in [0.1, 0.15) is 9.96 Å². The highest BCUT2D eigenvalue weighted by atomic mass is 32.2. The van der Waals surface area contributed by atoms with Crippen molar-refractivity contribution in [2.24, 2.45) is 5.41 Å². The van der Waals surface area contributed by atoms with E-state index in [9.17, 15) is 18.0 Å². The van der Waals surface area contributed by atoms with E-state index in [1.165, 1.54) is 6.07 Å². The van der Waals surface area contributed by atoms with Crippen LogP contribution in [0.2, 0.25) is 0 Å². The van der Waals surface area contributed by atoms with E-state index < -0.39 is 9.84 Å². The van der Waals surface area contributed by atoms with Crippen LogP contribution in [0.5, 0.6) is 5.75 Å². The van der Waals surface area contributed by atoms with E-state index in [1.807, 2.05) is 34.1 Å². The average molecular weight is 477 g/mol. The van der Waals surface area contributed by atoms with Gasteiger partial charge in [-0.3, -0.25) is 9.59 Å². The number of thiophene rings is 1. The maximum absolute atomic E-state index is 12.9. The summed E-state index contributed by atoms with van der Waals surface area (Å²) in [6.45, 7) is 2.72. The van der Waals surface area contributed by atoms with Crippen molar-refractivity contribution >= 4 is 33.0 Å². The lowest BCUT2D eigenvalue weighted by atomic mass is 9.77. The Kier molecular flexibility index (Phi) is 6.31. The Morgan fingerprint density at radius 2 is 1.75 bits per heavy atom. The highest BCUT2D eigenvalue weighted by Gasteiger charge is 2.43. The highest BCUT2D eigenvalue weighted by Crippen LogP contribution is 2.41. The third kappa shape index (κ3) is 4.83. The molecule has 0 N–H and O–H groups in total. The summed E-state index contributed by atoms with van der Waals surface area (Å²) in [5.41, 5.74) is 0.982. The summed E-state index contributed by atoms with van der Waals surface area (Å²) >= 11 is 1.04. The molecule has 1 spiro atoms. The van der Waals surface area contributed by atoms with Crippen LogP contribution in [-0.4, -0.2) is 69.6 Å². The van der Waals surface area contributed by atoms with E-state index in [0.29, 0.717) is 37.5 Å². The van der Waals surface area contributed by atoms with Crippen LogP contribution in [0.4, 0.5) is 0 Å². The molecule has 2 amide bonds. The summed E-state index contributed by atoms with van der Waals surface area (Å²) in [6.07, 6.45) is 4.18. The van der Waals surface area contributed by atoms with Crippen molar-refractivity contribution in [3.05, 3.63) is 46.8 Å². The molecule has 2 aliphatic rings. The second-order valence-corrected chi connectivity index (χ2v) is 12.1. The molecule has 0 radical (unpaired) electrons. The second kappa shape index (κ2) is 8.86. The zero-order valence-corrected chi connectivity index (χ0v) is 20.0. The molecule has 2 aliphatic heterocycles. The van der Waals surface area contributed by atoms with E-state index >= 15 is 0 Å². The zero-order valence-electron chi connectivity index (χ0n) is 18.4. The summed E-state index contributed by atoms with van der Waals surface area (Å²) in [5.74, 6) is 0.766. The Bertz CT molecular complexity index is 1120. The van der Waals surface area contributed by atoms with Crippen molar-refractivity contribution in [1.29, 1.82) is 0 Å². The number of methoxy groups -OCH3 is 1. The van der Waals surface area contributed by atoms with Crippen molar-refractivity contribution in [3.63, 3.8) is 0 Å². The molecule has 0 aliphatic carbocycles. The van der Waals surface area contributed by atoms with E-state index in [4.69, 9.17) is 4.74 Å². The van der Waals surface area contributed by atoms with Gasteiger partial charge in [-0.15, -0.1) is 11.3 Å². The quantitative estimate of drug-likeness (QED) is 0.663. The molecule has 2 aromatic rings. The first-order chi connectivity index (χ1) is 15.2. The van der Waals surface area contributed by atoms with Gasteiger partial charge in [0, 0.05) is 32.4 Å². The van der Waals surface area contributed by atoms with Gasteiger partial charge in [0.2, 0.25) is 5.91 Å². The Labute approximate surface area is 192 Å². The minimum Gasteiger partial charge on any atom is -0.497 e. The van der Waals surface area contributed by atoms with Crippen LogP contribution >= 0.6 is 11.3 Å². The molecule has 4 rings (SSSR count). The minimum absolute atomic E-state index is 0.0410. The Hall–Kier alpha value is -2.39. The van der Waals surface area contributed by atoms with Crippen LogP contribution in [-0.2, 0) is 21.1 Å². The molecule has 9 heteroatoms. The number of rotatable bonds is 5. The lowest BCUT2D eigenvalue weighted by Gasteiger charge is -2.39. The van der Waals surface area contributed by atoms with Gasteiger partial charge in [-0.1, -0.05) is 12.1 Å². The molecule has 2 saturated heterocycles. The van der Waals surface area contributed by atoms with Gasteiger partial charge in [0.25, 0.3) is 5.91 Å². The Morgan fingerprint density at radius 1 is 1.06 bits per heavy atom. The summed E-state index contributed by atoms with van der Waals surface area (Å²) in [5, 5.41) is 0. The first-order valence-electron chi connectivity index (χ1n) is 10.7. The Morgan fingerprint density at radius 3 is 2.38 bits per heavy atom. The topological polar surface area (TPSA) is 84.0 Å². The molecule has 172 valence electrons. The van der Waals surface area contributed by atoms with Crippen LogP contribution in [0.1, 0.15) is 34.5 Å². The third-order valence-corrected chi connectivity index (χ3v) is 9.44. The lowest BCUT2D eigenvalue weighted by Crippen LogP contribution is -2.45. The molecule has 1 aromatic carbocycles. The third-order valence-electron chi connectivity index (χ3n) is 6.55. The van der Waals surface area contributed by atoms with Gasteiger partial charge in [-0.2, -0.15) is 0 Å². The molecule has 32 heavy (non-hydrogen) atoms. The van der Waals surface area contributed by atoms with Crippen LogP contribution in [0.3, 0.4) is 0 Å². The van der Waals surface area contributed by atoms with E-state index in [2.05, 4.69) is 0 Å². The van der Waals surface area contributed by atoms with Gasteiger partial charge in [-0.05, 0) is 54.5 Å². The number of likely N-dealkylation sites (tertiary alicyclic amines) is 2. The number of piperidine rings is 1. The number of carbonyl (C=O) groups excluding carboxylic acids is 2. The molecule has 0 atom stereocenters. The summed E-state index contributed by atoms with van der Waals surface area (Å²) in [7, 11) is -1.69. The van der Waals surface area contributed by atoms with Crippen molar-refractivity contribution in [1.82, 2.24) is 9.80 Å². The lowest BCUT2D eigenvalue weighted by molar-refractivity contribution is -0.132. The molecular weight excluding hydrogens is 448 g/mol. The summed E-state index contributed by atoms with van der Waals surface area (Å²) < 4.78 is 28.9. The Balaban J connectivity index is 1.33. The summed E-state index contributed by atoms with van der Waals surface area (Å²) in [6, 6.07) is 10.7. The maximum atomic E-state index is 12.9. The first kappa shape index (κ1) is 22.8. The van der Waals surface area contributed by atoms with Crippen LogP contribution in [0, 0.1) is 5.41 Å². The molecule has 0 unspecified atom stereocenters. The largest absolute Gasteiger partial charge is 0.497 e. The van der Waals surface area contributed by atoms with Gasteiger partial charge < -0.3 is 14.5 Å². The van der Waals surface area contributed by atoms with Gasteiger partial charge >= 0.3 is 0 Å². The second-order valence-electron chi connectivity index (χ2n) is 8.78. The number of carbonyl (C=O) groups is 2. The van der Waals surface area contributed by atoms with Crippen molar-refractivity contribution < 1.29 is 22.7 Å². The molecule has 0 saturated carbocycles. The maximum Gasteiger partial charge on any atom is 0.263 e. The molecule has 7 nitrogen and oxygen atoms in total. The molecule has 3 heterocycles. The number of sulfone groups is 1. The number of ether oxygens (including phenoxy) is 1. The fourth-order valence-corrected chi connectivity index (χ4v) is 6.50. The van der Waals surface area contributed by atoms with E-state index in [-0.39, 0.29) is 21.4 Å². The van der Waals surface area contributed by atoms with Crippen molar-refractivity contribution in [2.75, 3.05) is 39.5 Å². The van der Waals surface area contributed by atoms with Gasteiger partial charge in [0.05, 0.1) is 18.4 Å². The molecular formula is C23H28N2O5S2. The fourth-order valence-electron chi connectivity index (χ4n) is 4.61. The normalized spacial score (nSPS) is 18.2. The number of amides is 2. The first-order valence-corrected chi connectivity index (χ1v) is 13.4. The predicted molar refractivity (Wildman–Crippen MR) is 123 cm³/mol. The minimum atomic E-state index is -3.30. The zero-order chi connectivity index (χ0) is 22.9. The van der Waals surface area contributed by atoms with E-state index in [0.717, 1.165) is 48.2 Å². The smallest absolute Gasteiger partial charge is 0.263 e. The number of benzene rings is 1. The molecule has 0 bridgehead atoms. The number of nitrogens with zero attached hydrogens (tertiary/aromatic N) is 2. The van der Waals surface area contributed by atoms with Gasteiger partial charge in [-0.25, -0.2) is 8.42 Å².